The Morgan fingerprint density at radius 3 is 2.75 bits per heavy atom. The lowest BCUT2D eigenvalue weighted by molar-refractivity contribution is 0.0368. The number of H-pyrrole nitrogens is 1. The number of hydrogen-bond donors (Lipinski definition) is 1. The van der Waals surface area contributed by atoms with Crippen molar-refractivity contribution in [2.24, 2.45) is 5.41 Å². The second-order valence-electron chi connectivity index (χ2n) is 6.07. The Balaban J connectivity index is 1.49. The third kappa shape index (κ3) is 4.16. The number of thioether (sulfide) groups is 1. The summed E-state index contributed by atoms with van der Waals surface area (Å²) in [6.45, 7) is 1.39. The molecular weight excluding hydrogens is 325 g/mol. The largest absolute Gasteiger partial charge is 0.381 e. The van der Waals surface area contributed by atoms with Crippen molar-refractivity contribution in [1.29, 1.82) is 5.26 Å². The smallest absolute Gasteiger partial charge is 0.165 e. The predicted octanol–water partition coefficient (Wildman–Crippen LogP) is 4.41. The number of nitriles is 1. The summed E-state index contributed by atoms with van der Waals surface area (Å²) < 4.78 is 18.3. The van der Waals surface area contributed by atoms with Crippen LogP contribution in [-0.2, 0) is 4.74 Å². The maximum Gasteiger partial charge on any atom is 0.165 e. The van der Waals surface area contributed by atoms with Crippen LogP contribution in [0.4, 0.5) is 4.39 Å². The summed E-state index contributed by atoms with van der Waals surface area (Å²) in [4.78, 5) is 7.62. The van der Waals surface area contributed by atoms with Crippen molar-refractivity contribution in [3.05, 3.63) is 36.3 Å². The lowest BCUT2D eigenvalue weighted by Crippen LogP contribution is -2.28. The number of nitrogens with zero attached hydrogens (tertiary/aromatic N) is 2. The molecule has 1 N–H and O–H groups in total. The van der Waals surface area contributed by atoms with Crippen LogP contribution >= 0.6 is 11.8 Å². The molecule has 1 aromatic heterocycles. The van der Waals surface area contributed by atoms with Crippen LogP contribution in [0.3, 0.4) is 0 Å². The number of benzene rings is 1. The molecule has 1 saturated heterocycles. The third-order valence-corrected chi connectivity index (χ3v) is 5.41. The summed E-state index contributed by atoms with van der Waals surface area (Å²) in [6.07, 6.45) is 5.33. The standard InChI is InChI=1S/C18H20FN3OS/c19-15-4-2-14(3-5-15)16-12-21-17(22-16)24-11-1-6-18(13-20)7-9-23-10-8-18/h2-5,12H,1,6-11H2,(H,21,22). The maximum atomic E-state index is 13.0. The molecule has 3 rings (SSSR count). The van der Waals surface area contributed by atoms with Crippen LogP contribution in [0, 0.1) is 22.6 Å². The van der Waals surface area contributed by atoms with Crippen molar-refractivity contribution in [3.63, 3.8) is 0 Å². The van der Waals surface area contributed by atoms with Crippen molar-refractivity contribution < 1.29 is 9.13 Å². The molecular formula is C18H20FN3OS. The Hall–Kier alpha value is -1.84. The van der Waals surface area contributed by atoms with Crippen LogP contribution < -0.4 is 0 Å². The van der Waals surface area contributed by atoms with Gasteiger partial charge in [-0.3, -0.25) is 0 Å². The highest BCUT2D eigenvalue weighted by atomic mass is 32.2. The normalized spacial score (nSPS) is 16.7. The van der Waals surface area contributed by atoms with Gasteiger partial charge in [0.15, 0.2) is 5.16 Å². The molecule has 2 aromatic rings. The molecule has 0 amide bonds. The highest BCUT2D eigenvalue weighted by Crippen LogP contribution is 2.35. The van der Waals surface area contributed by atoms with Gasteiger partial charge in [-0.25, -0.2) is 9.37 Å². The monoisotopic (exact) mass is 345 g/mol. The van der Waals surface area contributed by atoms with E-state index in [0.717, 1.165) is 47.8 Å². The van der Waals surface area contributed by atoms with Crippen LogP contribution in [0.25, 0.3) is 11.3 Å². The second-order valence-corrected chi connectivity index (χ2v) is 7.15. The van der Waals surface area contributed by atoms with Gasteiger partial charge in [0.1, 0.15) is 5.82 Å². The molecule has 4 nitrogen and oxygen atoms in total. The number of ether oxygens (including phenoxy) is 1. The van der Waals surface area contributed by atoms with Gasteiger partial charge in [0.2, 0.25) is 0 Å². The minimum atomic E-state index is -0.243. The van der Waals surface area contributed by atoms with Crippen molar-refractivity contribution >= 4 is 11.8 Å². The molecule has 6 heteroatoms. The number of aromatic amines is 1. The predicted molar refractivity (Wildman–Crippen MR) is 92.0 cm³/mol. The van der Waals surface area contributed by atoms with Gasteiger partial charge < -0.3 is 9.72 Å². The first-order valence-corrected chi connectivity index (χ1v) is 9.12. The Bertz CT molecular complexity index is 702. The third-order valence-electron chi connectivity index (χ3n) is 4.43. The van der Waals surface area contributed by atoms with E-state index in [4.69, 9.17) is 4.74 Å². The van der Waals surface area contributed by atoms with E-state index in [9.17, 15) is 9.65 Å². The minimum Gasteiger partial charge on any atom is -0.381 e. The first-order valence-electron chi connectivity index (χ1n) is 8.14. The van der Waals surface area contributed by atoms with Crippen LogP contribution in [0.2, 0.25) is 0 Å². The summed E-state index contributed by atoms with van der Waals surface area (Å²) in [5, 5.41) is 10.3. The molecule has 1 aromatic carbocycles. The summed E-state index contributed by atoms with van der Waals surface area (Å²) in [5.74, 6) is 0.674. The molecule has 1 aliphatic heterocycles. The highest BCUT2D eigenvalue weighted by molar-refractivity contribution is 7.99. The molecule has 1 fully saturated rings. The molecule has 0 bridgehead atoms. The van der Waals surface area contributed by atoms with E-state index in [1.807, 2.05) is 0 Å². The topological polar surface area (TPSA) is 61.7 Å². The van der Waals surface area contributed by atoms with E-state index in [-0.39, 0.29) is 11.2 Å². The molecule has 0 aliphatic carbocycles. The zero-order chi connectivity index (χ0) is 16.8. The van der Waals surface area contributed by atoms with Gasteiger partial charge in [-0.2, -0.15) is 5.26 Å². The van der Waals surface area contributed by atoms with Crippen molar-refractivity contribution in [2.75, 3.05) is 19.0 Å². The van der Waals surface area contributed by atoms with Crippen LogP contribution in [0.1, 0.15) is 25.7 Å². The maximum absolute atomic E-state index is 13.0. The van der Waals surface area contributed by atoms with Crippen molar-refractivity contribution in [1.82, 2.24) is 9.97 Å². The van der Waals surface area contributed by atoms with Gasteiger partial charge in [-0.1, -0.05) is 11.8 Å². The molecule has 1 aliphatic rings. The van der Waals surface area contributed by atoms with Gasteiger partial charge >= 0.3 is 0 Å². The van der Waals surface area contributed by atoms with Gasteiger partial charge in [-0.15, -0.1) is 0 Å². The van der Waals surface area contributed by atoms with E-state index in [0.29, 0.717) is 13.2 Å². The van der Waals surface area contributed by atoms with Crippen molar-refractivity contribution in [2.45, 2.75) is 30.8 Å². The molecule has 2 heterocycles. The number of aromatic nitrogens is 2. The zero-order valence-corrected chi connectivity index (χ0v) is 14.2. The number of rotatable bonds is 6. The fourth-order valence-corrected chi connectivity index (χ4v) is 3.70. The lowest BCUT2D eigenvalue weighted by Gasteiger charge is -2.30. The van der Waals surface area contributed by atoms with Gasteiger partial charge in [0.05, 0.1) is 23.4 Å². The van der Waals surface area contributed by atoms with E-state index in [2.05, 4.69) is 16.0 Å². The van der Waals surface area contributed by atoms with Crippen LogP contribution in [0.15, 0.2) is 35.6 Å². The Morgan fingerprint density at radius 1 is 1.29 bits per heavy atom. The summed E-state index contributed by atoms with van der Waals surface area (Å²) in [5.41, 5.74) is 1.60. The highest BCUT2D eigenvalue weighted by Gasteiger charge is 2.31. The number of imidazole rings is 1. The van der Waals surface area contributed by atoms with E-state index < -0.39 is 0 Å². The fourth-order valence-electron chi connectivity index (χ4n) is 2.91. The number of hydrogen-bond acceptors (Lipinski definition) is 4. The number of halogens is 1. The SMILES string of the molecule is N#CC1(CCCSc2ncc(-c3ccc(F)cc3)[nH]2)CCOCC1. The van der Waals surface area contributed by atoms with E-state index in [1.54, 1.807) is 30.1 Å². The van der Waals surface area contributed by atoms with E-state index >= 15 is 0 Å². The van der Waals surface area contributed by atoms with Gasteiger partial charge in [0, 0.05) is 19.0 Å². The summed E-state index contributed by atoms with van der Waals surface area (Å²) >= 11 is 1.66. The average Bonchev–Trinajstić information content (AvgIpc) is 3.09. The number of nitrogens with one attached hydrogen (secondary N) is 1. The first-order chi connectivity index (χ1) is 11.7. The Labute approximate surface area is 145 Å². The van der Waals surface area contributed by atoms with Gasteiger partial charge in [0.25, 0.3) is 0 Å². The molecule has 0 unspecified atom stereocenters. The summed E-state index contributed by atoms with van der Waals surface area (Å²) in [6, 6.07) is 8.86. The Kier molecular flexibility index (Phi) is 5.54. The molecule has 126 valence electrons. The van der Waals surface area contributed by atoms with Crippen LogP contribution in [0.5, 0.6) is 0 Å². The summed E-state index contributed by atoms with van der Waals surface area (Å²) in [7, 11) is 0. The molecule has 24 heavy (non-hydrogen) atoms. The van der Waals surface area contributed by atoms with Crippen molar-refractivity contribution in [3.8, 4) is 17.3 Å². The quantitative estimate of drug-likeness (QED) is 0.622. The average molecular weight is 345 g/mol. The fraction of sp³-hybridized carbons (Fsp3) is 0.444. The zero-order valence-electron chi connectivity index (χ0n) is 13.4. The molecule has 0 saturated carbocycles. The van der Waals surface area contributed by atoms with Gasteiger partial charge in [-0.05, 0) is 55.5 Å². The Morgan fingerprint density at radius 2 is 2.04 bits per heavy atom. The second kappa shape index (κ2) is 7.82. The first kappa shape index (κ1) is 17.0. The minimum absolute atomic E-state index is 0.207. The lowest BCUT2D eigenvalue weighted by atomic mass is 9.78. The molecule has 0 radical (unpaired) electrons. The molecule has 0 atom stereocenters. The van der Waals surface area contributed by atoms with E-state index in [1.165, 1.54) is 12.1 Å². The van der Waals surface area contributed by atoms with Crippen LogP contribution in [-0.4, -0.2) is 28.9 Å². The molecule has 0 spiro atoms.